The Morgan fingerprint density at radius 1 is 1.41 bits per heavy atom. The molecular weight excluding hydrogens is 322 g/mol. The molecule has 1 aliphatic heterocycles. The fraction of sp³-hybridized carbons (Fsp3) is 0.250. The Morgan fingerprint density at radius 3 is 2.68 bits per heavy atom. The van der Waals surface area contributed by atoms with Crippen molar-refractivity contribution in [2.45, 2.75) is 18.9 Å². The number of halogens is 1. The third kappa shape index (κ3) is 2.61. The highest BCUT2D eigenvalue weighted by atomic mass is 35.5. The van der Waals surface area contributed by atoms with Gasteiger partial charge in [-0.15, -0.1) is 11.3 Å². The van der Waals surface area contributed by atoms with Crippen LogP contribution in [0.5, 0.6) is 0 Å². The number of aromatic carboxylic acids is 1. The predicted octanol–water partition coefficient (Wildman–Crippen LogP) is 4.49. The molecule has 1 aliphatic rings. The molecule has 3 rings (SSSR count). The first-order valence-corrected chi connectivity index (χ1v) is 7.99. The third-order valence-electron chi connectivity index (χ3n) is 3.60. The number of hydrogen-bond acceptors (Lipinski definition) is 4. The molecule has 6 heteroatoms. The highest BCUT2D eigenvalue weighted by Crippen LogP contribution is 2.43. The molecular formula is C16H12ClNO3S. The zero-order valence-corrected chi connectivity index (χ0v) is 13.1. The van der Waals surface area contributed by atoms with Crippen molar-refractivity contribution in [3.8, 4) is 17.2 Å². The van der Waals surface area contributed by atoms with Crippen LogP contribution in [0.4, 0.5) is 0 Å². The topological polar surface area (TPSA) is 70.3 Å². The average Bonchev–Trinajstić information content (AvgIpc) is 3.14. The van der Waals surface area contributed by atoms with Crippen molar-refractivity contribution in [3.05, 3.63) is 44.6 Å². The van der Waals surface area contributed by atoms with E-state index in [0.29, 0.717) is 33.2 Å². The second kappa shape index (κ2) is 6.09. The molecule has 1 aromatic heterocycles. The van der Waals surface area contributed by atoms with Crippen LogP contribution >= 0.6 is 22.9 Å². The first kappa shape index (κ1) is 15.0. The van der Waals surface area contributed by atoms with Crippen LogP contribution in [0.15, 0.2) is 24.3 Å². The summed E-state index contributed by atoms with van der Waals surface area (Å²) in [5, 5.41) is 19.6. The monoisotopic (exact) mass is 333 g/mol. The van der Waals surface area contributed by atoms with E-state index in [1.54, 1.807) is 24.3 Å². The summed E-state index contributed by atoms with van der Waals surface area (Å²) in [6.07, 6.45) is 1.55. The SMILES string of the molecule is N#Cc1c(C2CCCO2)sc(C(=O)O)c1-c1ccc(Cl)cc1. The van der Waals surface area contributed by atoms with Gasteiger partial charge in [0.15, 0.2) is 0 Å². The lowest BCUT2D eigenvalue weighted by atomic mass is 9.99. The Morgan fingerprint density at radius 2 is 2.14 bits per heavy atom. The molecule has 1 unspecified atom stereocenters. The fourth-order valence-electron chi connectivity index (χ4n) is 2.61. The molecule has 112 valence electrons. The summed E-state index contributed by atoms with van der Waals surface area (Å²) in [5.74, 6) is -1.03. The summed E-state index contributed by atoms with van der Waals surface area (Å²) < 4.78 is 5.63. The lowest BCUT2D eigenvalue weighted by molar-refractivity contribution is 0.0703. The Kier molecular flexibility index (Phi) is 4.16. The van der Waals surface area contributed by atoms with Crippen LogP contribution in [0.2, 0.25) is 5.02 Å². The molecule has 0 amide bonds. The van der Waals surface area contributed by atoms with E-state index in [4.69, 9.17) is 16.3 Å². The lowest BCUT2D eigenvalue weighted by Gasteiger charge is -2.07. The van der Waals surface area contributed by atoms with Crippen molar-refractivity contribution in [2.24, 2.45) is 0 Å². The zero-order valence-electron chi connectivity index (χ0n) is 11.5. The highest BCUT2D eigenvalue weighted by Gasteiger charge is 2.30. The number of carboxylic acid groups (broad SMARTS) is 1. The second-order valence-electron chi connectivity index (χ2n) is 4.97. The first-order valence-electron chi connectivity index (χ1n) is 6.79. The van der Waals surface area contributed by atoms with Gasteiger partial charge in [-0.25, -0.2) is 4.79 Å². The maximum absolute atomic E-state index is 11.6. The first-order chi connectivity index (χ1) is 10.6. The number of carbonyl (C=O) groups is 1. The smallest absolute Gasteiger partial charge is 0.346 e. The number of ether oxygens (including phenoxy) is 1. The number of carboxylic acids is 1. The van der Waals surface area contributed by atoms with Crippen LogP contribution in [-0.4, -0.2) is 17.7 Å². The zero-order chi connectivity index (χ0) is 15.7. The third-order valence-corrected chi connectivity index (χ3v) is 5.12. The molecule has 1 fully saturated rings. The van der Waals surface area contributed by atoms with E-state index in [9.17, 15) is 15.2 Å². The fourth-order valence-corrected chi connectivity index (χ4v) is 3.94. The van der Waals surface area contributed by atoms with Gasteiger partial charge in [0.05, 0.1) is 16.5 Å². The van der Waals surface area contributed by atoms with E-state index < -0.39 is 5.97 Å². The van der Waals surface area contributed by atoms with E-state index in [1.807, 2.05) is 0 Å². The van der Waals surface area contributed by atoms with Crippen LogP contribution < -0.4 is 0 Å². The predicted molar refractivity (Wildman–Crippen MR) is 84.4 cm³/mol. The van der Waals surface area contributed by atoms with Crippen molar-refractivity contribution >= 4 is 28.9 Å². The van der Waals surface area contributed by atoms with Crippen molar-refractivity contribution in [2.75, 3.05) is 6.61 Å². The maximum atomic E-state index is 11.6. The van der Waals surface area contributed by atoms with E-state index in [1.165, 1.54) is 0 Å². The van der Waals surface area contributed by atoms with Gasteiger partial charge in [0, 0.05) is 17.2 Å². The summed E-state index contributed by atoms with van der Waals surface area (Å²) in [4.78, 5) is 12.5. The van der Waals surface area contributed by atoms with Gasteiger partial charge in [0.25, 0.3) is 0 Å². The van der Waals surface area contributed by atoms with Gasteiger partial charge in [-0.05, 0) is 30.5 Å². The summed E-state index contributed by atoms with van der Waals surface area (Å²) in [5.41, 5.74) is 1.54. The van der Waals surface area contributed by atoms with Crippen LogP contribution in [0.3, 0.4) is 0 Å². The summed E-state index contributed by atoms with van der Waals surface area (Å²) in [6, 6.07) is 9.00. The number of rotatable bonds is 3. The minimum atomic E-state index is -1.03. The molecule has 22 heavy (non-hydrogen) atoms. The normalized spacial score (nSPS) is 17.4. The van der Waals surface area contributed by atoms with E-state index in [0.717, 1.165) is 24.2 Å². The Labute approximate surface area is 136 Å². The van der Waals surface area contributed by atoms with Crippen molar-refractivity contribution < 1.29 is 14.6 Å². The van der Waals surface area contributed by atoms with Crippen LogP contribution in [0, 0.1) is 11.3 Å². The molecule has 1 aromatic carbocycles. The maximum Gasteiger partial charge on any atom is 0.346 e. The van der Waals surface area contributed by atoms with Crippen molar-refractivity contribution in [1.82, 2.24) is 0 Å². The number of hydrogen-bond donors (Lipinski definition) is 1. The largest absolute Gasteiger partial charge is 0.477 e. The standard InChI is InChI=1S/C16H12ClNO3S/c17-10-5-3-9(4-6-10)13-11(8-18)14(12-2-1-7-21-12)22-15(13)16(19)20/h3-6,12H,1-2,7H2,(H,19,20). The van der Waals surface area contributed by atoms with Gasteiger partial charge in [0.2, 0.25) is 0 Å². The van der Waals surface area contributed by atoms with Gasteiger partial charge in [0.1, 0.15) is 10.9 Å². The highest BCUT2D eigenvalue weighted by molar-refractivity contribution is 7.14. The molecule has 1 N–H and O–H groups in total. The minimum Gasteiger partial charge on any atom is -0.477 e. The number of nitriles is 1. The second-order valence-corrected chi connectivity index (χ2v) is 6.46. The molecule has 0 spiro atoms. The van der Waals surface area contributed by atoms with Crippen LogP contribution in [0.1, 0.15) is 39.1 Å². The average molecular weight is 334 g/mol. The number of thiophene rings is 1. The van der Waals surface area contributed by atoms with E-state index >= 15 is 0 Å². The molecule has 2 heterocycles. The van der Waals surface area contributed by atoms with Gasteiger partial charge in [-0.3, -0.25) is 0 Å². The Bertz CT molecular complexity index is 755. The number of nitrogens with zero attached hydrogens (tertiary/aromatic N) is 1. The van der Waals surface area contributed by atoms with Gasteiger partial charge < -0.3 is 9.84 Å². The van der Waals surface area contributed by atoms with E-state index in [2.05, 4.69) is 6.07 Å². The molecule has 1 atom stereocenters. The van der Waals surface area contributed by atoms with Gasteiger partial charge >= 0.3 is 5.97 Å². The summed E-state index contributed by atoms with van der Waals surface area (Å²) >= 11 is 7.02. The molecule has 0 radical (unpaired) electrons. The number of benzene rings is 1. The quantitative estimate of drug-likeness (QED) is 0.898. The molecule has 0 saturated carbocycles. The molecule has 1 saturated heterocycles. The van der Waals surface area contributed by atoms with Gasteiger partial charge in [-0.1, -0.05) is 23.7 Å². The molecule has 2 aromatic rings. The Hall–Kier alpha value is -1.87. The van der Waals surface area contributed by atoms with Crippen molar-refractivity contribution in [3.63, 3.8) is 0 Å². The molecule has 0 bridgehead atoms. The minimum absolute atomic E-state index is 0.171. The van der Waals surface area contributed by atoms with Crippen LogP contribution in [-0.2, 0) is 4.74 Å². The van der Waals surface area contributed by atoms with Crippen molar-refractivity contribution in [1.29, 1.82) is 5.26 Å². The lowest BCUT2D eigenvalue weighted by Crippen LogP contribution is -1.96. The molecule has 4 nitrogen and oxygen atoms in total. The summed E-state index contributed by atoms with van der Waals surface area (Å²) in [7, 11) is 0. The summed E-state index contributed by atoms with van der Waals surface area (Å²) in [6.45, 7) is 0.645. The van der Waals surface area contributed by atoms with Gasteiger partial charge in [-0.2, -0.15) is 5.26 Å². The molecule has 0 aliphatic carbocycles. The van der Waals surface area contributed by atoms with Crippen LogP contribution in [0.25, 0.3) is 11.1 Å². The Balaban J connectivity index is 2.20. The van der Waals surface area contributed by atoms with E-state index in [-0.39, 0.29) is 11.0 Å².